The number of hydrogen-bond donors (Lipinski definition) is 4. The number of rotatable bonds is 98. The van der Waals surface area contributed by atoms with Crippen molar-refractivity contribution in [3.8, 4) is 0 Å². The summed E-state index contributed by atoms with van der Waals surface area (Å²) in [4.78, 5) is 59.2. The van der Waals surface area contributed by atoms with Gasteiger partial charge in [0.25, 0.3) is 0 Å². The first-order valence-corrected chi connectivity index (χ1v) is 54.8. The van der Waals surface area contributed by atoms with E-state index in [0.29, 0.717) is 19.3 Å². The second-order valence-electron chi connectivity index (χ2n) is 34.6. The second-order valence-corrected chi connectivity index (χ2v) is 37.5. The lowest BCUT2D eigenvalue weighted by atomic mass is 10.0. The van der Waals surface area contributed by atoms with Gasteiger partial charge in [0.05, 0.1) is 26.4 Å². The smallest absolute Gasteiger partial charge is 0.463 e. The first-order chi connectivity index (χ1) is 62.2. The minimum absolute atomic E-state index is 0.102. The molecule has 0 spiro atoms. The molecule has 0 aromatic heterocycles. The van der Waals surface area contributed by atoms with Crippen molar-refractivity contribution >= 4 is 33.6 Å². The minimum atomic E-state index is -4.95. The zero-order valence-electron chi connectivity index (χ0n) is 81.2. The Bertz CT molecular complexity index is 2940. The fourth-order valence-electron chi connectivity index (χ4n) is 14.4. The summed E-state index contributed by atoms with van der Waals surface area (Å²) in [5.41, 5.74) is 0. The van der Waals surface area contributed by atoms with E-state index in [1.165, 1.54) is 257 Å². The quantitative estimate of drug-likeness (QED) is 0.0146. The Morgan fingerprint density at radius 2 is 0.417 bits per heavy atom. The maximum atomic E-state index is 13.1. The number of phosphoric ester groups is 2. The lowest BCUT2D eigenvalue weighted by Crippen LogP contribution is -2.30. The van der Waals surface area contributed by atoms with E-state index >= 15 is 0 Å². The van der Waals surface area contributed by atoms with Crippen molar-refractivity contribution in [2.45, 2.75) is 476 Å². The maximum absolute atomic E-state index is 13.1. The Hall–Kier alpha value is -4.83. The van der Waals surface area contributed by atoms with Crippen LogP contribution in [0.25, 0.3) is 0 Å². The molecule has 4 N–H and O–H groups in total. The Kier molecular flexibility index (Phi) is 96.4. The largest absolute Gasteiger partial charge is 0.472 e. The van der Waals surface area contributed by atoms with E-state index in [0.717, 1.165) is 141 Å². The second kappa shape index (κ2) is 100. The van der Waals surface area contributed by atoms with Gasteiger partial charge < -0.3 is 34.2 Å². The summed E-state index contributed by atoms with van der Waals surface area (Å²) in [5, 5.41) is 20.8. The van der Waals surface area contributed by atoms with Crippen molar-refractivity contribution in [1.29, 1.82) is 0 Å². The van der Waals surface area contributed by atoms with Gasteiger partial charge in [0.15, 0.2) is 6.10 Å². The molecule has 0 aliphatic rings. The Morgan fingerprint density at radius 1 is 0.228 bits per heavy atom. The minimum Gasteiger partial charge on any atom is -0.463 e. The van der Waals surface area contributed by atoms with Gasteiger partial charge in [0.2, 0.25) is 0 Å². The highest BCUT2D eigenvalue weighted by atomic mass is 31.2. The number of hydrogen-bond acceptors (Lipinski definition) is 14. The highest BCUT2D eigenvalue weighted by molar-refractivity contribution is 7.47. The molecule has 0 saturated carbocycles. The molecule has 5 unspecified atom stereocenters. The van der Waals surface area contributed by atoms with Crippen LogP contribution in [-0.2, 0) is 55.8 Å². The van der Waals surface area contributed by atoms with Gasteiger partial charge in [-0.3, -0.25) is 32.5 Å². The molecule has 16 nitrogen and oxygen atoms in total. The van der Waals surface area contributed by atoms with Crippen LogP contribution in [-0.4, -0.2) is 95.9 Å². The molecular formula is C109H190O16P2. The van der Waals surface area contributed by atoms with Gasteiger partial charge in [0.1, 0.15) is 25.4 Å². The molecule has 0 aliphatic carbocycles. The number of carbonyl (C=O) groups excluding carboxylic acids is 3. The molecule has 0 rings (SSSR count). The first kappa shape index (κ1) is 122. The average Bonchev–Trinajstić information content (AvgIpc) is 0.955. The van der Waals surface area contributed by atoms with Gasteiger partial charge in [-0.05, 0) is 154 Å². The number of phosphoric acid groups is 2. The summed E-state index contributed by atoms with van der Waals surface area (Å²) in [6.45, 7) is 2.60. The third kappa shape index (κ3) is 102. The number of esters is 3. The molecule has 0 aromatic carbocycles. The van der Waals surface area contributed by atoms with Crippen LogP contribution in [0.15, 0.2) is 158 Å². The molecule has 18 heteroatoms. The third-order valence-electron chi connectivity index (χ3n) is 22.2. The molecule has 127 heavy (non-hydrogen) atoms. The van der Waals surface area contributed by atoms with Crippen LogP contribution in [0.5, 0.6) is 0 Å². The van der Waals surface area contributed by atoms with Crippen LogP contribution < -0.4 is 0 Å². The van der Waals surface area contributed by atoms with Crippen LogP contribution >= 0.6 is 15.6 Å². The van der Waals surface area contributed by atoms with Gasteiger partial charge in [-0.1, -0.05) is 442 Å². The Labute approximate surface area is 778 Å². The standard InChI is InChI=1S/C109H190O16P2/c1-4-7-10-13-16-19-22-25-28-31-34-37-40-43-46-49-51-54-56-59-62-65-68-71-74-77-80-83-86-89-92-95-107(112)119-98-104(110)99-121-126(115,116)122-100-105(111)101-123-127(117,118)124-103-106(125-109(114)97-94-91-88-85-82-79-76-73-70-67-64-61-58-53-48-45-42-39-36-33-30-27-24-21-18-15-12-9-6-3)102-120-108(113)96-93-90-87-84-81-78-75-72-69-66-63-60-57-55-52-50-47-44-41-38-35-32-29-26-23-20-17-14-11-8-5-2/h7,10,16-21,25-30,34-39,43-48,104-106,110-111H,4-6,8-9,11-15,22-24,31-33,40-42,49-103H2,1-3H3,(H,115,116)(H,117,118)/b10-7-,19-16-,20-17-,21-18-,28-25-,29-26-,30-27-,37-34-,38-35-,39-36-,46-43-,47-44-,48-45-. The highest BCUT2D eigenvalue weighted by Gasteiger charge is 2.30. The summed E-state index contributed by atoms with van der Waals surface area (Å²) in [6.07, 6.45) is 130. The summed E-state index contributed by atoms with van der Waals surface area (Å²) < 4.78 is 61.7. The molecule has 732 valence electrons. The van der Waals surface area contributed by atoms with Gasteiger partial charge >= 0.3 is 33.6 Å². The molecule has 0 aromatic rings. The maximum Gasteiger partial charge on any atom is 0.472 e. The Balaban J connectivity index is 4.62. The van der Waals surface area contributed by atoms with Crippen LogP contribution in [0.2, 0.25) is 0 Å². The summed E-state index contributed by atoms with van der Waals surface area (Å²) in [5.74, 6) is -1.56. The van der Waals surface area contributed by atoms with Gasteiger partial charge in [-0.15, -0.1) is 0 Å². The van der Waals surface area contributed by atoms with Crippen molar-refractivity contribution in [2.24, 2.45) is 0 Å². The van der Waals surface area contributed by atoms with Gasteiger partial charge in [0, 0.05) is 19.3 Å². The predicted octanol–water partition coefficient (Wildman–Crippen LogP) is 32.8. The van der Waals surface area contributed by atoms with Crippen LogP contribution in [0, 0.1) is 0 Å². The lowest BCUT2D eigenvalue weighted by molar-refractivity contribution is -0.161. The number of carbonyl (C=O) groups is 3. The monoisotopic (exact) mass is 1820 g/mol. The molecule has 0 heterocycles. The summed E-state index contributed by atoms with van der Waals surface area (Å²) in [6, 6.07) is 0. The van der Waals surface area contributed by atoms with Crippen molar-refractivity contribution < 1.29 is 75.8 Å². The number of ether oxygens (including phenoxy) is 3. The fraction of sp³-hybridized carbons (Fsp3) is 0.734. The zero-order valence-corrected chi connectivity index (χ0v) is 82.9. The van der Waals surface area contributed by atoms with Crippen molar-refractivity contribution in [3.63, 3.8) is 0 Å². The molecule has 0 amide bonds. The third-order valence-corrected chi connectivity index (χ3v) is 24.1. The molecule has 0 fully saturated rings. The number of unbranched alkanes of at least 4 members (excludes halogenated alkanes) is 49. The van der Waals surface area contributed by atoms with Crippen molar-refractivity contribution in [2.75, 3.05) is 39.6 Å². The summed E-state index contributed by atoms with van der Waals surface area (Å²) >= 11 is 0. The Morgan fingerprint density at radius 3 is 0.661 bits per heavy atom. The van der Waals surface area contributed by atoms with Gasteiger partial charge in [-0.2, -0.15) is 0 Å². The van der Waals surface area contributed by atoms with E-state index in [9.17, 15) is 43.5 Å². The van der Waals surface area contributed by atoms with Crippen molar-refractivity contribution in [1.82, 2.24) is 0 Å². The molecule has 0 saturated heterocycles. The first-order valence-electron chi connectivity index (χ1n) is 51.8. The van der Waals surface area contributed by atoms with Crippen LogP contribution in [0.3, 0.4) is 0 Å². The lowest BCUT2D eigenvalue weighted by Gasteiger charge is -2.21. The number of aliphatic hydroxyl groups excluding tert-OH is 2. The topological polar surface area (TPSA) is 231 Å². The van der Waals surface area contributed by atoms with Crippen molar-refractivity contribution in [3.05, 3.63) is 158 Å². The highest BCUT2D eigenvalue weighted by Crippen LogP contribution is 2.45. The van der Waals surface area contributed by atoms with E-state index in [4.69, 9.17) is 32.3 Å². The average molecular weight is 1820 g/mol. The van der Waals surface area contributed by atoms with Gasteiger partial charge in [-0.25, -0.2) is 9.13 Å². The van der Waals surface area contributed by atoms with E-state index in [2.05, 4.69) is 179 Å². The molecule has 0 bridgehead atoms. The van der Waals surface area contributed by atoms with E-state index in [1.54, 1.807) is 0 Å². The predicted molar refractivity (Wildman–Crippen MR) is 537 cm³/mol. The molecular weight excluding hydrogens is 1630 g/mol. The SMILES string of the molecule is CC/C=C\C/C=C\C/C=C\C/C=C\C/C=C\CCCCCCCCCCCCCCCCCC(=O)OCC(O)COP(=O)(O)OCC(O)COP(=O)(O)OCC(COC(=O)CCCCCCCCCCCCCCCCC/C=C\C/C=C\C/C=C\C/C=C\CCCCC)OC(=O)CCCCCCCCCCCCCCC/C=C\C/C=C\C/C=C\C/C=C\CCCCC. The van der Waals surface area contributed by atoms with E-state index in [-0.39, 0.29) is 19.3 Å². The van der Waals surface area contributed by atoms with Crippen LogP contribution in [0.4, 0.5) is 0 Å². The van der Waals surface area contributed by atoms with E-state index in [1.807, 2.05) is 0 Å². The molecule has 0 aliphatic heterocycles. The fourth-order valence-corrected chi connectivity index (χ4v) is 16.0. The zero-order chi connectivity index (χ0) is 92.1. The number of allylic oxidation sites excluding steroid dienone is 26. The number of aliphatic hydroxyl groups is 2. The molecule has 0 radical (unpaired) electrons. The van der Waals surface area contributed by atoms with E-state index < -0.39 is 91.5 Å². The molecule has 5 atom stereocenters. The normalized spacial score (nSPS) is 14.3. The summed E-state index contributed by atoms with van der Waals surface area (Å²) in [7, 11) is -9.82. The van der Waals surface area contributed by atoms with Crippen LogP contribution in [0.1, 0.15) is 457 Å².